The first-order valence-corrected chi connectivity index (χ1v) is 16.1. The van der Waals surface area contributed by atoms with Gasteiger partial charge in [-0.3, -0.25) is 14.4 Å². The lowest BCUT2D eigenvalue weighted by Crippen LogP contribution is -2.70. The maximum atomic E-state index is 18.0. The molecule has 3 fully saturated rings. The second-order valence-electron chi connectivity index (χ2n) is 12.6. The highest BCUT2D eigenvalue weighted by molar-refractivity contribution is 6.69. The Labute approximate surface area is 208 Å². The highest BCUT2D eigenvalue weighted by atomic mass is 28.4. The number of ether oxygens (including phenoxy) is 1. The monoisotopic (exact) mass is 506 g/mol. The van der Waals surface area contributed by atoms with E-state index in [2.05, 4.69) is 0 Å². The number of rotatable bonds is 5. The fourth-order valence-electron chi connectivity index (χ4n) is 7.94. The molecule has 6 nitrogen and oxygen atoms in total. The van der Waals surface area contributed by atoms with Crippen LogP contribution in [0, 0.1) is 28.6 Å². The average Bonchev–Trinajstić information content (AvgIpc) is 2.94. The Morgan fingerprint density at radius 3 is 2.49 bits per heavy atom. The van der Waals surface area contributed by atoms with Gasteiger partial charge in [0.1, 0.15) is 5.60 Å². The van der Waals surface area contributed by atoms with Gasteiger partial charge < -0.3 is 14.3 Å². The minimum absolute atomic E-state index is 0.122. The Bertz CT molecular complexity index is 1020. The summed E-state index contributed by atoms with van der Waals surface area (Å²) in [4.78, 5) is 36.9. The molecule has 8 heteroatoms. The number of allylic oxidation sites excluding steroid dienone is 4. The zero-order valence-corrected chi connectivity index (χ0v) is 22.9. The van der Waals surface area contributed by atoms with E-state index in [4.69, 9.17) is 9.16 Å². The predicted octanol–water partition coefficient (Wildman–Crippen LogP) is 4.33. The summed E-state index contributed by atoms with van der Waals surface area (Å²) in [5.74, 6) is -2.39. The number of carbonyl (C=O) groups is 3. The topological polar surface area (TPSA) is 89.9 Å². The van der Waals surface area contributed by atoms with Gasteiger partial charge in [0.15, 0.2) is 26.4 Å². The van der Waals surface area contributed by atoms with Crippen LogP contribution in [0.1, 0.15) is 53.4 Å². The molecule has 1 N–H and O–H groups in total. The van der Waals surface area contributed by atoms with Crippen molar-refractivity contribution in [3.63, 3.8) is 0 Å². The Morgan fingerprint density at radius 1 is 1.23 bits per heavy atom. The molecule has 0 radical (unpaired) electrons. The van der Waals surface area contributed by atoms with E-state index in [1.807, 2.05) is 40.4 Å². The van der Waals surface area contributed by atoms with E-state index in [0.717, 1.165) is 5.57 Å². The lowest BCUT2D eigenvalue weighted by molar-refractivity contribution is -0.215. The number of ketones is 2. The number of fused-ring (bicyclic) bond motifs is 5. The average molecular weight is 507 g/mol. The van der Waals surface area contributed by atoms with Crippen LogP contribution in [0.2, 0.25) is 19.6 Å². The molecule has 4 rings (SSSR count). The smallest absolute Gasteiger partial charge is 0.303 e. The van der Waals surface area contributed by atoms with Crippen molar-refractivity contribution in [2.24, 2.45) is 28.6 Å². The van der Waals surface area contributed by atoms with Crippen LogP contribution < -0.4 is 0 Å². The molecule has 0 unspecified atom stereocenters. The third kappa shape index (κ3) is 3.65. The SMILES string of the molecule is CC(=O)OCC(=O)[C@@]1(O)[C@@H](C)C[C@H]2[C@@H]3CCC4=CC(=O)C=C[C@]4(C)[C@@]3(F)[C@@H](O[Si](C)(C)C)C[C@@]21C. The Balaban J connectivity index is 1.84. The number of aliphatic hydroxyl groups is 1. The molecule has 3 saturated carbocycles. The van der Waals surface area contributed by atoms with Gasteiger partial charge in [0.2, 0.25) is 5.78 Å². The summed E-state index contributed by atoms with van der Waals surface area (Å²) in [6, 6.07) is 0. The van der Waals surface area contributed by atoms with Gasteiger partial charge in [-0.2, -0.15) is 0 Å². The van der Waals surface area contributed by atoms with Crippen LogP contribution in [0.15, 0.2) is 23.8 Å². The number of halogens is 1. The number of Topliss-reactive ketones (excluding diaryl/α,β-unsaturated/α-hetero) is 1. The van der Waals surface area contributed by atoms with Gasteiger partial charge in [0.25, 0.3) is 0 Å². The lowest BCUT2D eigenvalue weighted by Gasteiger charge is -2.64. The molecular formula is C27H39FO6Si. The van der Waals surface area contributed by atoms with Gasteiger partial charge >= 0.3 is 5.97 Å². The number of carbonyl (C=O) groups excluding carboxylic acids is 3. The zero-order valence-electron chi connectivity index (χ0n) is 21.9. The van der Waals surface area contributed by atoms with Gasteiger partial charge in [-0.25, -0.2) is 4.39 Å². The lowest BCUT2D eigenvalue weighted by atomic mass is 9.44. The molecule has 8 atom stereocenters. The van der Waals surface area contributed by atoms with Crippen molar-refractivity contribution < 1.29 is 33.0 Å². The standard InChI is InChI=1S/C27H39FO6Si/c1-16-12-21-20-9-8-18-13-19(30)10-11-24(18,3)26(20,28)23(34-35(5,6)7)14-25(21,4)27(16,32)22(31)15-33-17(2)29/h10-11,13,16,20-21,23,32H,8-9,12,14-15H2,1-7H3/t16-,20-,21-,23-,24-,25-,26-,27-/m0/s1. The second-order valence-corrected chi connectivity index (χ2v) is 17.0. The molecular weight excluding hydrogens is 467 g/mol. The van der Waals surface area contributed by atoms with Crippen molar-refractivity contribution in [2.45, 2.75) is 90.4 Å². The van der Waals surface area contributed by atoms with Crippen LogP contribution >= 0.6 is 0 Å². The van der Waals surface area contributed by atoms with Gasteiger partial charge in [-0.05, 0) is 76.2 Å². The van der Waals surface area contributed by atoms with E-state index in [1.54, 1.807) is 12.2 Å². The molecule has 0 aliphatic heterocycles. The molecule has 0 aromatic heterocycles. The van der Waals surface area contributed by atoms with Crippen molar-refractivity contribution in [1.29, 1.82) is 0 Å². The first-order chi connectivity index (χ1) is 16.0. The summed E-state index contributed by atoms with van der Waals surface area (Å²) < 4.78 is 29.5. The fraction of sp³-hybridized carbons (Fsp3) is 0.741. The number of hydrogen-bond donors (Lipinski definition) is 1. The largest absolute Gasteiger partial charge is 0.458 e. The molecule has 4 aliphatic carbocycles. The maximum absolute atomic E-state index is 18.0. The Hall–Kier alpha value is -1.64. The molecule has 0 aromatic rings. The molecule has 0 spiro atoms. The van der Waals surface area contributed by atoms with Crippen LogP contribution in [-0.2, 0) is 23.5 Å². The van der Waals surface area contributed by atoms with Crippen molar-refractivity contribution >= 4 is 25.9 Å². The molecule has 35 heavy (non-hydrogen) atoms. The molecule has 0 saturated heterocycles. The Kier molecular flexibility index (Phi) is 6.18. The van der Waals surface area contributed by atoms with Gasteiger partial charge in [0.05, 0.1) is 6.10 Å². The van der Waals surface area contributed by atoms with Gasteiger partial charge in [-0.1, -0.05) is 25.5 Å². The predicted molar refractivity (Wildman–Crippen MR) is 132 cm³/mol. The van der Waals surface area contributed by atoms with E-state index in [9.17, 15) is 19.5 Å². The quantitative estimate of drug-likeness (QED) is 0.441. The molecule has 0 bridgehead atoms. The minimum atomic E-state index is -2.25. The highest BCUT2D eigenvalue weighted by Crippen LogP contribution is 2.71. The summed E-state index contributed by atoms with van der Waals surface area (Å²) >= 11 is 0. The first-order valence-electron chi connectivity index (χ1n) is 12.7. The summed E-state index contributed by atoms with van der Waals surface area (Å²) in [7, 11) is -2.25. The molecule has 0 aromatic carbocycles. The zero-order chi connectivity index (χ0) is 26.2. The molecule has 4 aliphatic rings. The van der Waals surface area contributed by atoms with Crippen LogP contribution in [-0.4, -0.2) is 54.9 Å². The Morgan fingerprint density at radius 2 is 1.89 bits per heavy atom. The first kappa shape index (κ1) is 26.4. The van der Waals surface area contributed by atoms with Crippen molar-refractivity contribution in [3.05, 3.63) is 23.8 Å². The molecule has 194 valence electrons. The van der Waals surface area contributed by atoms with Gasteiger partial charge in [0, 0.05) is 23.7 Å². The van der Waals surface area contributed by atoms with Crippen molar-refractivity contribution in [3.8, 4) is 0 Å². The van der Waals surface area contributed by atoms with Crippen LogP contribution in [0.3, 0.4) is 0 Å². The summed E-state index contributed by atoms with van der Waals surface area (Å²) in [5, 5.41) is 12.0. The summed E-state index contributed by atoms with van der Waals surface area (Å²) in [6.45, 7) is 12.4. The van der Waals surface area contributed by atoms with E-state index in [-0.39, 0.29) is 18.1 Å². The van der Waals surface area contributed by atoms with Crippen LogP contribution in [0.25, 0.3) is 0 Å². The van der Waals surface area contributed by atoms with Gasteiger partial charge in [-0.15, -0.1) is 0 Å². The third-order valence-electron chi connectivity index (χ3n) is 9.53. The minimum Gasteiger partial charge on any atom is -0.458 e. The third-order valence-corrected chi connectivity index (χ3v) is 10.5. The van der Waals surface area contributed by atoms with E-state index >= 15 is 4.39 Å². The normalized spacial score (nSPS) is 44.7. The maximum Gasteiger partial charge on any atom is 0.303 e. The van der Waals surface area contributed by atoms with E-state index in [1.165, 1.54) is 13.0 Å². The highest BCUT2D eigenvalue weighted by Gasteiger charge is 2.76. The number of alkyl halides is 1. The number of esters is 1. The van der Waals surface area contributed by atoms with Crippen LogP contribution in [0.5, 0.6) is 0 Å². The fourth-order valence-corrected chi connectivity index (χ4v) is 9.04. The van der Waals surface area contributed by atoms with Crippen molar-refractivity contribution in [2.75, 3.05) is 6.61 Å². The number of hydrogen-bond acceptors (Lipinski definition) is 6. The van der Waals surface area contributed by atoms with E-state index < -0.39 is 66.7 Å². The van der Waals surface area contributed by atoms with Crippen molar-refractivity contribution in [1.82, 2.24) is 0 Å². The second kappa shape index (κ2) is 8.18. The summed E-state index contributed by atoms with van der Waals surface area (Å²) in [6.07, 6.45) is 5.67. The molecule has 0 amide bonds. The van der Waals surface area contributed by atoms with E-state index in [0.29, 0.717) is 19.3 Å². The van der Waals surface area contributed by atoms with Crippen LogP contribution in [0.4, 0.5) is 4.39 Å². The molecule has 0 heterocycles. The summed E-state index contributed by atoms with van der Waals surface area (Å²) in [5.41, 5.74) is -4.70.